The lowest BCUT2D eigenvalue weighted by molar-refractivity contribution is 0.609. The molecule has 2 aromatic heterocycles. The van der Waals surface area contributed by atoms with Gasteiger partial charge in [0, 0.05) is 12.4 Å². The maximum Gasteiger partial charge on any atom is 0.258 e. The van der Waals surface area contributed by atoms with E-state index in [1.807, 2.05) is 0 Å². The molecule has 3 rings (SSSR count). The van der Waals surface area contributed by atoms with Gasteiger partial charge in [0.1, 0.15) is 5.82 Å². The smallest absolute Gasteiger partial charge is 0.246 e. The Hall–Kier alpha value is -2.81. The van der Waals surface area contributed by atoms with Gasteiger partial charge in [0.25, 0.3) is 21.7 Å². The Kier molecular flexibility index (Phi) is 3.55. The molecular weight excluding hydrogens is 309 g/mol. The summed E-state index contributed by atoms with van der Waals surface area (Å²) in [4.78, 5) is 7.87. The Labute approximate surface area is 125 Å². The van der Waals surface area contributed by atoms with Crippen LogP contribution in [0.3, 0.4) is 0 Å². The summed E-state index contributed by atoms with van der Waals surface area (Å²) in [5.74, 6) is -0.190. The fraction of sp³-hybridized carbons (Fsp3) is 0. The minimum absolute atomic E-state index is 0.0811. The first kappa shape index (κ1) is 14.1. The van der Waals surface area contributed by atoms with E-state index in [4.69, 9.17) is 0 Å². The van der Waals surface area contributed by atoms with Crippen molar-refractivity contribution in [2.45, 2.75) is 0 Å². The molecule has 3 aromatic rings. The molecule has 2 heterocycles. The van der Waals surface area contributed by atoms with E-state index in [0.717, 1.165) is 5.41 Å². The first-order valence-corrected chi connectivity index (χ1v) is 7.70. The Bertz CT molecular complexity index is 901. The van der Waals surface area contributed by atoms with Crippen molar-refractivity contribution in [2.75, 3.05) is 4.72 Å². The molecule has 0 amide bonds. The highest BCUT2D eigenvalue weighted by Crippen LogP contribution is 2.09. The van der Waals surface area contributed by atoms with Gasteiger partial charge in [0.05, 0.1) is 5.41 Å². The minimum atomic E-state index is -3.78. The van der Waals surface area contributed by atoms with Gasteiger partial charge in [-0.05, 0) is 29.8 Å². The Morgan fingerprint density at radius 3 is 2.73 bits per heavy atom. The molecule has 0 saturated carbocycles. The zero-order valence-electron chi connectivity index (χ0n) is 11.1. The van der Waals surface area contributed by atoms with Crippen LogP contribution in [0, 0.1) is 5.82 Å². The van der Waals surface area contributed by atoms with Crippen molar-refractivity contribution in [2.24, 2.45) is 0 Å². The van der Waals surface area contributed by atoms with Gasteiger partial charge < -0.3 is 0 Å². The van der Waals surface area contributed by atoms with Crippen molar-refractivity contribution in [3.8, 4) is 0 Å². The highest BCUT2D eigenvalue weighted by Gasteiger charge is 2.10. The molecule has 0 atom stereocenters. The molecule has 0 fully saturated rings. The summed E-state index contributed by atoms with van der Waals surface area (Å²) in [6.07, 6.45) is 4.47. The third-order valence-corrected chi connectivity index (χ3v) is 3.62. The monoisotopic (exact) mass is 319 g/mol. The van der Waals surface area contributed by atoms with Crippen LogP contribution >= 0.6 is 0 Å². The van der Waals surface area contributed by atoms with Crippen LogP contribution in [0.4, 0.5) is 10.3 Å². The van der Waals surface area contributed by atoms with Crippen LogP contribution in [-0.4, -0.2) is 28.0 Å². The second kappa shape index (κ2) is 5.53. The standard InChI is InChI=1S/C13H10FN5O2S/c14-11-4-2-10(3-5-11)6-9-22(20,21)18-12-16-13-15-7-1-8-19(13)17-12/h1-9H,(H,17,18)/b9-6+. The highest BCUT2D eigenvalue weighted by atomic mass is 32.2. The summed E-state index contributed by atoms with van der Waals surface area (Å²) < 4.78 is 40.2. The number of nitrogens with one attached hydrogen (secondary N) is 1. The lowest BCUT2D eigenvalue weighted by Gasteiger charge is -1.98. The van der Waals surface area contributed by atoms with E-state index >= 15 is 0 Å². The summed E-state index contributed by atoms with van der Waals surface area (Å²) in [7, 11) is -3.78. The van der Waals surface area contributed by atoms with Crippen molar-refractivity contribution in [1.82, 2.24) is 19.6 Å². The second-order valence-corrected chi connectivity index (χ2v) is 5.87. The van der Waals surface area contributed by atoms with Crippen LogP contribution in [0.2, 0.25) is 0 Å². The molecule has 112 valence electrons. The molecule has 0 saturated heterocycles. The van der Waals surface area contributed by atoms with Crippen LogP contribution in [0.5, 0.6) is 0 Å². The number of halogens is 1. The van der Waals surface area contributed by atoms with E-state index in [1.54, 1.807) is 12.3 Å². The highest BCUT2D eigenvalue weighted by molar-refractivity contribution is 7.95. The van der Waals surface area contributed by atoms with Crippen molar-refractivity contribution in [1.29, 1.82) is 0 Å². The quantitative estimate of drug-likeness (QED) is 0.790. The molecule has 22 heavy (non-hydrogen) atoms. The first-order chi connectivity index (χ1) is 10.5. The fourth-order valence-electron chi connectivity index (χ4n) is 1.68. The van der Waals surface area contributed by atoms with E-state index in [2.05, 4.69) is 19.8 Å². The third-order valence-electron chi connectivity index (χ3n) is 2.66. The average molecular weight is 319 g/mol. The number of aromatic nitrogens is 4. The number of sulfonamides is 1. The third kappa shape index (κ3) is 3.26. The zero-order valence-corrected chi connectivity index (χ0v) is 11.9. The number of anilines is 1. The zero-order chi connectivity index (χ0) is 15.6. The molecule has 0 aliphatic rings. The van der Waals surface area contributed by atoms with Gasteiger partial charge in [-0.3, -0.25) is 0 Å². The lowest BCUT2D eigenvalue weighted by atomic mass is 10.2. The van der Waals surface area contributed by atoms with E-state index in [1.165, 1.54) is 41.1 Å². The van der Waals surface area contributed by atoms with Crippen LogP contribution in [0.15, 0.2) is 48.1 Å². The van der Waals surface area contributed by atoms with Crippen molar-refractivity contribution < 1.29 is 12.8 Å². The molecule has 0 aliphatic carbocycles. The van der Waals surface area contributed by atoms with Gasteiger partial charge in [-0.15, -0.1) is 5.10 Å². The normalized spacial score (nSPS) is 12.0. The molecule has 0 spiro atoms. The van der Waals surface area contributed by atoms with E-state index in [-0.39, 0.29) is 17.5 Å². The van der Waals surface area contributed by atoms with E-state index in [9.17, 15) is 12.8 Å². The molecule has 0 bridgehead atoms. The average Bonchev–Trinajstić information content (AvgIpc) is 2.88. The predicted molar refractivity (Wildman–Crippen MR) is 78.8 cm³/mol. The minimum Gasteiger partial charge on any atom is -0.246 e. The number of hydrogen-bond acceptors (Lipinski definition) is 5. The van der Waals surface area contributed by atoms with Gasteiger partial charge in [-0.25, -0.2) is 27.0 Å². The number of fused-ring (bicyclic) bond motifs is 1. The molecular formula is C13H10FN5O2S. The van der Waals surface area contributed by atoms with Crippen molar-refractivity contribution >= 4 is 27.8 Å². The van der Waals surface area contributed by atoms with Crippen molar-refractivity contribution in [3.63, 3.8) is 0 Å². The van der Waals surface area contributed by atoms with Gasteiger partial charge in [0.15, 0.2) is 0 Å². The summed E-state index contributed by atoms with van der Waals surface area (Å²) in [5.41, 5.74) is 0.552. The topological polar surface area (TPSA) is 89.2 Å². The Morgan fingerprint density at radius 1 is 1.23 bits per heavy atom. The summed E-state index contributed by atoms with van der Waals surface area (Å²) in [5, 5.41) is 4.89. The number of benzene rings is 1. The van der Waals surface area contributed by atoms with Crippen LogP contribution < -0.4 is 4.72 Å². The predicted octanol–water partition coefficient (Wildman–Crippen LogP) is 1.68. The lowest BCUT2D eigenvalue weighted by Crippen LogP contribution is -2.10. The molecule has 7 nitrogen and oxygen atoms in total. The van der Waals surface area contributed by atoms with Gasteiger partial charge >= 0.3 is 0 Å². The summed E-state index contributed by atoms with van der Waals surface area (Å²) in [6.45, 7) is 0. The molecule has 0 aliphatic heterocycles. The fourth-order valence-corrected chi connectivity index (χ4v) is 2.42. The first-order valence-electron chi connectivity index (χ1n) is 6.16. The van der Waals surface area contributed by atoms with Crippen LogP contribution in [0.25, 0.3) is 11.9 Å². The van der Waals surface area contributed by atoms with Gasteiger partial charge in [0.2, 0.25) is 0 Å². The second-order valence-electron chi connectivity index (χ2n) is 4.30. The number of hydrogen-bond donors (Lipinski definition) is 1. The van der Waals surface area contributed by atoms with E-state index < -0.39 is 10.0 Å². The molecule has 1 aromatic carbocycles. The maximum atomic E-state index is 12.8. The van der Waals surface area contributed by atoms with Crippen molar-refractivity contribution in [3.05, 3.63) is 59.5 Å². The largest absolute Gasteiger partial charge is 0.258 e. The number of rotatable bonds is 4. The van der Waals surface area contributed by atoms with Gasteiger partial charge in [-0.1, -0.05) is 12.1 Å². The summed E-state index contributed by atoms with van der Waals surface area (Å²) in [6, 6.07) is 7.07. The summed E-state index contributed by atoms with van der Waals surface area (Å²) >= 11 is 0. The Balaban J connectivity index is 1.79. The molecule has 1 N–H and O–H groups in total. The molecule has 0 unspecified atom stereocenters. The maximum absolute atomic E-state index is 12.8. The van der Waals surface area contributed by atoms with Gasteiger partial charge in [-0.2, -0.15) is 4.98 Å². The SMILES string of the molecule is O=S(=O)(/C=C/c1ccc(F)cc1)Nc1nc2ncccn2n1. The molecule has 9 heteroatoms. The van der Waals surface area contributed by atoms with E-state index in [0.29, 0.717) is 5.56 Å². The Morgan fingerprint density at radius 2 is 2.00 bits per heavy atom. The molecule has 0 radical (unpaired) electrons. The van der Waals surface area contributed by atoms with Crippen LogP contribution in [-0.2, 0) is 10.0 Å². The van der Waals surface area contributed by atoms with Crippen LogP contribution in [0.1, 0.15) is 5.56 Å². The number of nitrogens with zero attached hydrogens (tertiary/aromatic N) is 4.